The zero-order valence-electron chi connectivity index (χ0n) is 8.17. The molecule has 0 amide bonds. The van der Waals surface area contributed by atoms with Gasteiger partial charge in [0.2, 0.25) is 0 Å². The monoisotopic (exact) mass is 193 g/mol. The van der Waals surface area contributed by atoms with Crippen molar-refractivity contribution in [1.29, 1.82) is 0 Å². The van der Waals surface area contributed by atoms with Crippen LogP contribution in [0.2, 0.25) is 0 Å². The van der Waals surface area contributed by atoms with Crippen LogP contribution >= 0.6 is 0 Å². The van der Waals surface area contributed by atoms with E-state index in [0.717, 1.165) is 0 Å². The van der Waals surface area contributed by atoms with Crippen LogP contribution in [0, 0.1) is 18.2 Å². The van der Waals surface area contributed by atoms with E-state index in [1.54, 1.807) is 25.2 Å². The van der Waals surface area contributed by atoms with Crippen molar-refractivity contribution in [2.75, 3.05) is 14.2 Å². The van der Waals surface area contributed by atoms with Crippen molar-refractivity contribution in [3.8, 4) is 18.1 Å². The summed E-state index contributed by atoms with van der Waals surface area (Å²) in [7, 11) is 3.11. The Morgan fingerprint density at radius 3 is 2.79 bits per heavy atom. The highest BCUT2D eigenvalue weighted by Gasteiger charge is 2.14. The van der Waals surface area contributed by atoms with Crippen molar-refractivity contribution in [2.24, 2.45) is 0 Å². The highest BCUT2D eigenvalue weighted by atomic mass is 19.1. The SMILES string of the molecule is C#CC(NC)c1cccc(OC)c1F. The van der Waals surface area contributed by atoms with E-state index in [9.17, 15) is 4.39 Å². The second kappa shape index (κ2) is 4.64. The van der Waals surface area contributed by atoms with E-state index >= 15 is 0 Å². The predicted molar refractivity (Wildman–Crippen MR) is 53.6 cm³/mol. The molecule has 1 aromatic rings. The molecule has 0 fully saturated rings. The van der Waals surface area contributed by atoms with Crippen molar-refractivity contribution < 1.29 is 9.13 Å². The third-order valence-electron chi connectivity index (χ3n) is 1.98. The summed E-state index contributed by atoms with van der Waals surface area (Å²) >= 11 is 0. The standard InChI is InChI=1S/C11H12FNO/c1-4-9(13-2)8-6-5-7-10(14-3)11(8)12/h1,5-7,9,13H,2-3H3. The van der Waals surface area contributed by atoms with Crippen LogP contribution in [0.15, 0.2) is 18.2 Å². The maximum absolute atomic E-state index is 13.6. The summed E-state index contributed by atoms with van der Waals surface area (Å²) in [6.07, 6.45) is 5.26. The van der Waals surface area contributed by atoms with Crippen molar-refractivity contribution in [2.45, 2.75) is 6.04 Å². The summed E-state index contributed by atoms with van der Waals surface area (Å²) in [6.45, 7) is 0. The Kier molecular flexibility index (Phi) is 3.49. The minimum absolute atomic E-state index is 0.206. The fraction of sp³-hybridized carbons (Fsp3) is 0.273. The number of hydrogen-bond acceptors (Lipinski definition) is 2. The minimum Gasteiger partial charge on any atom is -0.494 e. The molecular weight excluding hydrogens is 181 g/mol. The highest BCUT2D eigenvalue weighted by molar-refractivity contribution is 5.35. The lowest BCUT2D eigenvalue weighted by molar-refractivity contribution is 0.383. The molecule has 0 spiro atoms. The number of halogens is 1. The quantitative estimate of drug-likeness (QED) is 0.738. The first kappa shape index (κ1) is 10.6. The molecule has 0 aliphatic rings. The molecule has 1 unspecified atom stereocenters. The molecule has 1 aromatic carbocycles. The van der Waals surface area contributed by atoms with Crippen LogP contribution in [0.1, 0.15) is 11.6 Å². The van der Waals surface area contributed by atoms with Crippen molar-refractivity contribution in [3.05, 3.63) is 29.6 Å². The molecule has 74 valence electrons. The van der Waals surface area contributed by atoms with Crippen molar-refractivity contribution in [3.63, 3.8) is 0 Å². The molecule has 0 aromatic heterocycles. The Balaban J connectivity index is 3.15. The van der Waals surface area contributed by atoms with Crippen LogP contribution in [0.4, 0.5) is 4.39 Å². The topological polar surface area (TPSA) is 21.3 Å². The van der Waals surface area contributed by atoms with Gasteiger partial charge >= 0.3 is 0 Å². The van der Waals surface area contributed by atoms with Gasteiger partial charge in [0.25, 0.3) is 0 Å². The zero-order valence-corrected chi connectivity index (χ0v) is 8.17. The number of rotatable bonds is 3. The maximum Gasteiger partial charge on any atom is 0.170 e. The molecule has 0 aliphatic heterocycles. The van der Waals surface area contributed by atoms with E-state index in [1.807, 2.05) is 0 Å². The lowest BCUT2D eigenvalue weighted by atomic mass is 10.1. The number of hydrogen-bond donors (Lipinski definition) is 1. The van der Waals surface area contributed by atoms with E-state index in [-0.39, 0.29) is 5.75 Å². The lowest BCUT2D eigenvalue weighted by Crippen LogP contribution is -2.15. The molecular formula is C11H12FNO. The van der Waals surface area contributed by atoms with Gasteiger partial charge in [-0.15, -0.1) is 6.42 Å². The third kappa shape index (κ3) is 1.86. The number of nitrogens with one attached hydrogen (secondary N) is 1. The Labute approximate surface area is 83.1 Å². The van der Waals surface area contributed by atoms with Gasteiger partial charge in [0.05, 0.1) is 13.2 Å². The van der Waals surface area contributed by atoms with Gasteiger partial charge in [0.1, 0.15) is 0 Å². The summed E-state index contributed by atoms with van der Waals surface area (Å²) < 4.78 is 18.5. The molecule has 1 N–H and O–H groups in total. The molecule has 14 heavy (non-hydrogen) atoms. The van der Waals surface area contributed by atoms with E-state index < -0.39 is 11.9 Å². The van der Waals surface area contributed by atoms with E-state index in [1.165, 1.54) is 7.11 Å². The number of benzene rings is 1. The van der Waals surface area contributed by atoms with Gasteiger partial charge in [0, 0.05) is 5.56 Å². The first-order valence-electron chi connectivity index (χ1n) is 4.20. The largest absolute Gasteiger partial charge is 0.494 e. The van der Waals surface area contributed by atoms with E-state index in [0.29, 0.717) is 5.56 Å². The molecule has 3 heteroatoms. The molecule has 0 radical (unpaired) electrons. The molecule has 1 rings (SSSR count). The Morgan fingerprint density at radius 1 is 1.57 bits per heavy atom. The predicted octanol–water partition coefficient (Wildman–Crippen LogP) is 1.73. The zero-order chi connectivity index (χ0) is 10.6. The average Bonchev–Trinajstić information content (AvgIpc) is 2.22. The molecule has 0 aliphatic carbocycles. The summed E-state index contributed by atoms with van der Waals surface area (Å²) in [6, 6.07) is 4.48. The molecule has 0 saturated heterocycles. The van der Waals surface area contributed by atoms with Crippen LogP contribution in [0.3, 0.4) is 0 Å². The fourth-order valence-corrected chi connectivity index (χ4v) is 1.24. The van der Waals surface area contributed by atoms with E-state index in [2.05, 4.69) is 11.2 Å². The van der Waals surface area contributed by atoms with Crippen LogP contribution in [-0.4, -0.2) is 14.2 Å². The van der Waals surface area contributed by atoms with Gasteiger partial charge in [0.15, 0.2) is 11.6 Å². The second-order valence-electron chi connectivity index (χ2n) is 2.75. The summed E-state index contributed by atoms with van der Waals surface area (Å²) in [5.41, 5.74) is 0.425. The number of terminal acetylenes is 1. The van der Waals surface area contributed by atoms with Gasteiger partial charge in [-0.2, -0.15) is 0 Å². The average molecular weight is 193 g/mol. The summed E-state index contributed by atoms with van der Waals surface area (Å²) in [4.78, 5) is 0. The van der Waals surface area contributed by atoms with E-state index in [4.69, 9.17) is 11.2 Å². The lowest BCUT2D eigenvalue weighted by Gasteiger charge is -2.12. The Bertz CT molecular complexity index is 357. The minimum atomic E-state index is -0.426. The molecule has 0 saturated carbocycles. The van der Waals surface area contributed by atoms with Crippen LogP contribution in [-0.2, 0) is 0 Å². The molecule has 0 heterocycles. The first-order chi connectivity index (χ1) is 6.74. The van der Waals surface area contributed by atoms with Gasteiger partial charge in [-0.3, -0.25) is 0 Å². The van der Waals surface area contributed by atoms with Gasteiger partial charge in [-0.05, 0) is 13.1 Å². The van der Waals surface area contributed by atoms with Crippen LogP contribution in [0.5, 0.6) is 5.75 Å². The number of methoxy groups -OCH3 is 1. The van der Waals surface area contributed by atoms with Crippen LogP contribution in [0.25, 0.3) is 0 Å². The number of ether oxygens (including phenoxy) is 1. The van der Waals surface area contributed by atoms with Gasteiger partial charge in [-0.1, -0.05) is 18.1 Å². The Hall–Kier alpha value is -1.53. The summed E-state index contributed by atoms with van der Waals surface area (Å²) in [5, 5.41) is 2.83. The van der Waals surface area contributed by atoms with Crippen molar-refractivity contribution >= 4 is 0 Å². The second-order valence-corrected chi connectivity index (χ2v) is 2.75. The smallest absolute Gasteiger partial charge is 0.170 e. The highest BCUT2D eigenvalue weighted by Crippen LogP contribution is 2.24. The summed E-state index contributed by atoms with van der Waals surface area (Å²) in [5.74, 6) is 2.25. The molecule has 0 bridgehead atoms. The Morgan fingerprint density at radius 2 is 2.29 bits per heavy atom. The first-order valence-corrected chi connectivity index (χ1v) is 4.20. The normalized spacial score (nSPS) is 11.9. The van der Waals surface area contributed by atoms with Crippen molar-refractivity contribution in [1.82, 2.24) is 5.32 Å². The van der Waals surface area contributed by atoms with Gasteiger partial charge in [-0.25, -0.2) is 4.39 Å². The third-order valence-corrected chi connectivity index (χ3v) is 1.98. The van der Waals surface area contributed by atoms with Gasteiger partial charge < -0.3 is 10.1 Å². The molecule has 2 nitrogen and oxygen atoms in total. The maximum atomic E-state index is 13.6. The fourth-order valence-electron chi connectivity index (χ4n) is 1.24. The van der Waals surface area contributed by atoms with Crippen LogP contribution < -0.4 is 10.1 Å². The molecule has 1 atom stereocenters.